The maximum absolute atomic E-state index is 13.0. The maximum Gasteiger partial charge on any atom is 0.265 e. The first-order valence-corrected chi connectivity index (χ1v) is 6.46. The fraction of sp³-hybridized carbons (Fsp3) is 0. The van der Waals surface area contributed by atoms with Crippen molar-refractivity contribution in [2.45, 2.75) is 4.90 Å². The predicted molar refractivity (Wildman–Crippen MR) is 65.9 cm³/mol. The molecule has 0 amide bonds. The van der Waals surface area contributed by atoms with Gasteiger partial charge in [-0.1, -0.05) is 6.07 Å². The zero-order valence-corrected chi connectivity index (χ0v) is 9.99. The van der Waals surface area contributed by atoms with Gasteiger partial charge in [0.1, 0.15) is 16.5 Å². The van der Waals surface area contributed by atoms with Gasteiger partial charge in [-0.25, -0.2) is 17.8 Å². The normalized spacial score (nSPS) is 11.2. The van der Waals surface area contributed by atoms with Gasteiger partial charge in [-0.3, -0.25) is 4.72 Å². The molecule has 5 nitrogen and oxygen atoms in total. The molecule has 0 aliphatic carbocycles. The van der Waals surface area contributed by atoms with Gasteiger partial charge in [0.05, 0.1) is 5.69 Å². The van der Waals surface area contributed by atoms with Crippen molar-refractivity contribution in [3.05, 3.63) is 48.4 Å². The highest BCUT2D eigenvalue weighted by atomic mass is 32.2. The molecule has 0 radical (unpaired) electrons. The van der Waals surface area contributed by atoms with Crippen molar-refractivity contribution in [1.29, 1.82) is 0 Å². The Labute approximate surface area is 104 Å². The van der Waals surface area contributed by atoms with Gasteiger partial charge in [-0.2, -0.15) is 0 Å². The lowest BCUT2D eigenvalue weighted by Gasteiger charge is -2.09. The molecule has 94 valence electrons. The summed E-state index contributed by atoms with van der Waals surface area (Å²) in [5.41, 5.74) is 5.61. The summed E-state index contributed by atoms with van der Waals surface area (Å²) in [5, 5.41) is 0. The minimum Gasteiger partial charge on any atom is -0.383 e. The molecular weight excluding hydrogens is 257 g/mol. The molecule has 0 atom stereocenters. The molecule has 18 heavy (non-hydrogen) atoms. The molecular formula is C11H10FN3O2S. The quantitative estimate of drug-likeness (QED) is 0.884. The molecule has 1 heterocycles. The molecule has 1 aromatic carbocycles. The van der Waals surface area contributed by atoms with Crippen LogP contribution in [0.5, 0.6) is 0 Å². The molecule has 0 bridgehead atoms. The summed E-state index contributed by atoms with van der Waals surface area (Å²) < 4.78 is 39.1. The van der Waals surface area contributed by atoms with E-state index < -0.39 is 15.8 Å². The average molecular weight is 267 g/mol. The molecule has 0 aliphatic rings. The van der Waals surface area contributed by atoms with Crippen molar-refractivity contribution in [3.8, 4) is 0 Å². The fourth-order valence-corrected chi connectivity index (χ4v) is 2.53. The second-order valence-electron chi connectivity index (χ2n) is 3.50. The first kappa shape index (κ1) is 12.3. The number of nitrogens with one attached hydrogen (secondary N) is 1. The van der Waals surface area contributed by atoms with E-state index in [-0.39, 0.29) is 16.4 Å². The lowest BCUT2D eigenvalue weighted by Crippen LogP contribution is -2.15. The zero-order chi connectivity index (χ0) is 13.2. The highest BCUT2D eigenvalue weighted by molar-refractivity contribution is 7.92. The average Bonchev–Trinajstić information content (AvgIpc) is 2.28. The van der Waals surface area contributed by atoms with Gasteiger partial charge >= 0.3 is 0 Å². The van der Waals surface area contributed by atoms with E-state index in [2.05, 4.69) is 9.71 Å². The number of rotatable bonds is 3. The predicted octanol–water partition coefficient (Wildman–Crippen LogP) is 1.60. The number of nitrogen functional groups attached to an aromatic ring is 1. The zero-order valence-electron chi connectivity index (χ0n) is 9.17. The molecule has 1 aromatic heterocycles. The Bertz CT molecular complexity index is 673. The minimum absolute atomic E-state index is 0.110. The Morgan fingerprint density at radius 1 is 1.22 bits per heavy atom. The Balaban J connectivity index is 2.37. The summed E-state index contributed by atoms with van der Waals surface area (Å²) in [6.07, 6.45) is 1.39. The Kier molecular flexibility index (Phi) is 3.15. The topological polar surface area (TPSA) is 85.1 Å². The molecule has 0 unspecified atom stereocenters. The Morgan fingerprint density at radius 2 is 2.00 bits per heavy atom. The van der Waals surface area contributed by atoms with Crippen molar-refractivity contribution in [1.82, 2.24) is 4.98 Å². The summed E-state index contributed by atoms with van der Waals surface area (Å²) >= 11 is 0. The largest absolute Gasteiger partial charge is 0.383 e. The smallest absolute Gasteiger partial charge is 0.265 e. The summed E-state index contributed by atoms with van der Waals surface area (Å²) in [5.74, 6) is -0.643. The van der Waals surface area contributed by atoms with E-state index in [9.17, 15) is 12.8 Å². The van der Waals surface area contributed by atoms with Gasteiger partial charge in [-0.05, 0) is 30.3 Å². The highest BCUT2D eigenvalue weighted by Gasteiger charge is 2.17. The molecule has 7 heteroatoms. The van der Waals surface area contributed by atoms with Gasteiger partial charge in [0, 0.05) is 6.20 Å². The van der Waals surface area contributed by atoms with E-state index >= 15 is 0 Å². The van der Waals surface area contributed by atoms with Crippen LogP contribution in [0.3, 0.4) is 0 Å². The van der Waals surface area contributed by atoms with Gasteiger partial charge in [-0.15, -0.1) is 0 Å². The second kappa shape index (κ2) is 4.61. The Hall–Kier alpha value is -2.15. The van der Waals surface area contributed by atoms with Gasteiger partial charge in [0.2, 0.25) is 0 Å². The van der Waals surface area contributed by atoms with Gasteiger partial charge in [0.25, 0.3) is 10.0 Å². The molecule has 0 saturated carbocycles. The first-order valence-electron chi connectivity index (χ1n) is 4.98. The number of nitrogens with two attached hydrogens (primary N) is 1. The van der Waals surface area contributed by atoms with Crippen LogP contribution in [-0.4, -0.2) is 13.4 Å². The standard InChI is InChI=1S/C11H10FN3O2S/c12-8-3-1-4-9(7-8)15-18(16,17)10-5-2-6-14-11(10)13/h1-7,15H,(H2,13,14). The molecule has 0 fully saturated rings. The summed E-state index contributed by atoms with van der Waals surface area (Å²) in [4.78, 5) is 3.54. The van der Waals surface area contributed by atoms with Crippen LogP contribution in [0.25, 0.3) is 0 Å². The van der Waals surface area contributed by atoms with Crippen LogP contribution >= 0.6 is 0 Å². The summed E-state index contributed by atoms with van der Waals surface area (Å²) in [7, 11) is -3.86. The first-order chi connectivity index (χ1) is 8.49. The fourth-order valence-electron chi connectivity index (χ4n) is 1.39. The van der Waals surface area contributed by atoms with Crippen molar-refractivity contribution in [3.63, 3.8) is 0 Å². The number of anilines is 2. The summed E-state index contributed by atoms with van der Waals surface area (Å²) in [6, 6.07) is 7.91. The molecule has 0 aliphatic heterocycles. The molecule has 3 N–H and O–H groups in total. The van der Waals surface area contributed by atoms with Crippen LogP contribution in [0, 0.1) is 5.82 Å². The maximum atomic E-state index is 13.0. The number of pyridine rings is 1. The lowest BCUT2D eigenvalue weighted by molar-refractivity contribution is 0.601. The van der Waals surface area contributed by atoms with Crippen molar-refractivity contribution < 1.29 is 12.8 Å². The van der Waals surface area contributed by atoms with E-state index in [0.29, 0.717) is 0 Å². The number of sulfonamides is 1. The van der Waals surface area contributed by atoms with E-state index in [1.54, 1.807) is 0 Å². The Morgan fingerprint density at radius 3 is 2.67 bits per heavy atom. The van der Waals surface area contributed by atoms with Crippen molar-refractivity contribution in [2.24, 2.45) is 0 Å². The van der Waals surface area contributed by atoms with Crippen LogP contribution in [0.2, 0.25) is 0 Å². The van der Waals surface area contributed by atoms with Crippen LogP contribution in [0.4, 0.5) is 15.9 Å². The molecule has 2 aromatic rings. The number of hydrogen-bond donors (Lipinski definition) is 2. The lowest BCUT2D eigenvalue weighted by atomic mass is 10.3. The van der Waals surface area contributed by atoms with Crippen molar-refractivity contribution >= 4 is 21.5 Å². The third-order valence-electron chi connectivity index (χ3n) is 2.17. The third-order valence-corrected chi connectivity index (χ3v) is 3.59. The SMILES string of the molecule is Nc1ncccc1S(=O)(=O)Nc1cccc(F)c1. The summed E-state index contributed by atoms with van der Waals surface area (Å²) in [6.45, 7) is 0. The van der Waals surface area contributed by atoms with Crippen LogP contribution in [-0.2, 0) is 10.0 Å². The number of benzene rings is 1. The van der Waals surface area contributed by atoms with Crippen molar-refractivity contribution in [2.75, 3.05) is 10.5 Å². The van der Waals surface area contributed by atoms with Gasteiger partial charge in [0.15, 0.2) is 0 Å². The number of hydrogen-bond acceptors (Lipinski definition) is 4. The highest BCUT2D eigenvalue weighted by Crippen LogP contribution is 2.19. The second-order valence-corrected chi connectivity index (χ2v) is 5.15. The number of aromatic nitrogens is 1. The number of nitrogens with zero attached hydrogens (tertiary/aromatic N) is 1. The molecule has 0 saturated heterocycles. The van der Waals surface area contributed by atoms with Gasteiger partial charge < -0.3 is 5.73 Å². The van der Waals surface area contributed by atoms with E-state index in [1.807, 2.05) is 0 Å². The molecule has 0 spiro atoms. The number of halogens is 1. The van der Waals surface area contributed by atoms with E-state index in [0.717, 1.165) is 6.07 Å². The van der Waals surface area contributed by atoms with Crippen LogP contribution in [0.15, 0.2) is 47.5 Å². The monoisotopic (exact) mass is 267 g/mol. The van der Waals surface area contributed by atoms with E-state index in [1.165, 1.54) is 36.5 Å². The van der Waals surface area contributed by atoms with Crippen LogP contribution in [0.1, 0.15) is 0 Å². The van der Waals surface area contributed by atoms with E-state index in [4.69, 9.17) is 5.73 Å². The third kappa shape index (κ3) is 2.57. The minimum atomic E-state index is -3.86. The molecule has 2 rings (SSSR count). The van der Waals surface area contributed by atoms with Crippen LogP contribution < -0.4 is 10.5 Å².